The van der Waals surface area contributed by atoms with E-state index in [0.29, 0.717) is 36.9 Å². The molecule has 0 fully saturated rings. The molecule has 0 aliphatic rings. The highest BCUT2D eigenvalue weighted by atomic mass is 16.5. The predicted molar refractivity (Wildman–Crippen MR) is 137 cm³/mol. The van der Waals surface area contributed by atoms with Crippen LogP contribution in [0.1, 0.15) is 48.7 Å². The summed E-state index contributed by atoms with van der Waals surface area (Å²) in [4.78, 5) is 37.9. The van der Waals surface area contributed by atoms with Gasteiger partial charge < -0.3 is 30.9 Å². The number of aliphatic hydroxyl groups excluding tert-OH is 1. The molecule has 0 aliphatic carbocycles. The summed E-state index contributed by atoms with van der Waals surface area (Å²) in [5, 5.41) is 26.9. The van der Waals surface area contributed by atoms with Crippen molar-refractivity contribution in [1.82, 2.24) is 16.0 Å². The largest absolute Gasteiger partial charge is 0.491 e. The summed E-state index contributed by atoms with van der Waals surface area (Å²) in [6.45, 7) is 6.27. The maximum absolute atomic E-state index is 13.5. The lowest BCUT2D eigenvalue weighted by molar-refractivity contribution is -0.143. The van der Waals surface area contributed by atoms with Crippen molar-refractivity contribution in [3.8, 4) is 5.75 Å². The van der Waals surface area contributed by atoms with Crippen LogP contribution in [0.5, 0.6) is 5.75 Å². The van der Waals surface area contributed by atoms with Crippen LogP contribution in [-0.4, -0.2) is 65.9 Å². The molecule has 0 aromatic heterocycles. The average molecular weight is 500 g/mol. The van der Waals surface area contributed by atoms with Gasteiger partial charge in [0.1, 0.15) is 24.4 Å². The SMILES string of the molecule is CCCc1cccc(OCCNC(C)C)c1C(=O)N[C@@H](Cc1ccccc1)C(=O)N[C@@H](CO)C(=O)O. The number of aliphatic hydroxyl groups is 1. The monoisotopic (exact) mass is 499 g/mol. The first-order valence-corrected chi connectivity index (χ1v) is 12.2. The van der Waals surface area contributed by atoms with E-state index in [0.717, 1.165) is 17.5 Å². The summed E-state index contributed by atoms with van der Waals surface area (Å²) >= 11 is 0. The van der Waals surface area contributed by atoms with Gasteiger partial charge in [-0.25, -0.2) is 4.79 Å². The number of carbonyl (C=O) groups is 3. The van der Waals surface area contributed by atoms with Crippen molar-refractivity contribution in [3.05, 3.63) is 65.2 Å². The molecule has 0 heterocycles. The first kappa shape index (κ1) is 28.8. The summed E-state index contributed by atoms with van der Waals surface area (Å²) in [5.41, 5.74) is 1.93. The van der Waals surface area contributed by atoms with E-state index in [2.05, 4.69) is 16.0 Å². The zero-order chi connectivity index (χ0) is 26.5. The van der Waals surface area contributed by atoms with E-state index in [9.17, 15) is 24.6 Å². The van der Waals surface area contributed by atoms with Crippen molar-refractivity contribution >= 4 is 17.8 Å². The van der Waals surface area contributed by atoms with E-state index < -0.39 is 36.5 Å². The number of ether oxygens (including phenoxy) is 1. The van der Waals surface area contributed by atoms with Crippen molar-refractivity contribution in [2.75, 3.05) is 19.8 Å². The van der Waals surface area contributed by atoms with Crippen LogP contribution in [0, 0.1) is 0 Å². The fourth-order valence-corrected chi connectivity index (χ4v) is 3.69. The van der Waals surface area contributed by atoms with Crippen molar-refractivity contribution in [2.45, 2.75) is 58.2 Å². The van der Waals surface area contributed by atoms with Crippen LogP contribution in [0.25, 0.3) is 0 Å². The molecular weight excluding hydrogens is 462 g/mol. The standard InChI is InChI=1S/C27H37N3O6/c1-4-9-20-12-8-13-23(36-15-14-28-18(2)3)24(20)26(33)29-21(16-19-10-6-5-7-11-19)25(32)30-22(17-31)27(34)35/h5-8,10-13,18,21-22,28,31H,4,9,14-17H2,1-3H3,(H,29,33)(H,30,32)(H,34,35)/t21-,22-/m0/s1. The van der Waals surface area contributed by atoms with Crippen LogP contribution in [0.15, 0.2) is 48.5 Å². The Morgan fingerprint density at radius 2 is 1.69 bits per heavy atom. The van der Waals surface area contributed by atoms with Crippen LogP contribution < -0.4 is 20.7 Å². The van der Waals surface area contributed by atoms with E-state index in [1.165, 1.54) is 0 Å². The van der Waals surface area contributed by atoms with Crippen LogP contribution in [-0.2, 0) is 22.4 Å². The molecule has 36 heavy (non-hydrogen) atoms. The lowest BCUT2D eigenvalue weighted by Gasteiger charge is -2.22. The highest BCUT2D eigenvalue weighted by molar-refractivity contribution is 6.01. The van der Waals surface area contributed by atoms with Crippen LogP contribution >= 0.6 is 0 Å². The molecule has 0 saturated carbocycles. The molecule has 9 nitrogen and oxygen atoms in total. The highest BCUT2D eigenvalue weighted by Gasteiger charge is 2.28. The van der Waals surface area contributed by atoms with Gasteiger partial charge in [0.25, 0.3) is 5.91 Å². The minimum atomic E-state index is -1.48. The van der Waals surface area contributed by atoms with Crippen LogP contribution in [0.2, 0.25) is 0 Å². The topological polar surface area (TPSA) is 137 Å². The summed E-state index contributed by atoms with van der Waals surface area (Å²) in [6, 6.07) is 12.3. The third-order valence-corrected chi connectivity index (χ3v) is 5.47. The number of amides is 2. The van der Waals surface area contributed by atoms with Gasteiger partial charge in [0.05, 0.1) is 12.2 Å². The Labute approximate surface area is 212 Å². The minimum absolute atomic E-state index is 0.140. The molecule has 0 aliphatic heterocycles. The van der Waals surface area contributed by atoms with E-state index in [1.54, 1.807) is 6.07 Å². The Balaban J connectivity index is 2.32. The third kappa shape index (κ3) is 8.98. The van der Waals surface area contributed by atoms with Gasteiger partial charge >= 0.3 is 5.97 Å². The normalized spacial score (nSPS) is 12.6. The maximum Gasteiger partial charge on any atom is 0.328 e. The van der Waals surface area contributed by atoms with Crippen LogP contribution in [0.4, 0.5) is 0 Å². The second kappa shape index (κ2) is 14.9. The van der Waals surface area contributed by atoms with Gasteiger partial charge in [0, 0.05) is 19.0 Å². The van der Waals surface area contributed by atoms with Gasteiger partial charge in [-0.05, 0) is 23.6 Å². The van der Waals surface area contributed by atoms with Crippen LogP contribution in [0.3, 0.4) is 0 Å². The molecule has 0 unspecified atom stereocenters. The Hall–Kier alpha value is -3.43. The molecule has 0 bridgehead atoms. The van der Waals surface area contributed by atoms with Gasteiger partial charge in [-0.3, -0.25) is 9.59 Å². The van der Waals surface area contributed by atoms with E-state index in [-0.39, 0.29) is 6.42 Å². The number of benzene rings is 2. The molecule has 2 rings (SSSR count). The second-order valence-corrected chi connectivity index (χ2v) is 8.80. The minimum Gasteiger partial charge on any atom is -0.491 e. The number of rotatable bonds is 15. The molecule has 2 amide bonds. The number of carbonyl (C=O) groups excluding carboxylic acids is 2. The highest BCUT2D eigenvalue weighted by Crippen LogP contribution is 2.24. The molecule has 5 N–H and O–H groups in total. The Kier molecular flexibility index (Phi) is 11.9. The first-order chi connectivity index (χ1) is 17.3. The molecule has 2 atom stereocenters. The number of nitrogens with one attached hydrogen (secondary N) is 3. The van der Waals surface area contributed by atoms with E-state index in [1.807, 2.05) is 63.2 Å². The zero-order valence-electron chi connectivity index (χ0n) is 21.1. The predicted octanol–water partition coefficient (Wildman–Crippen LogP) is 1.92. The molecule has 0 saturated heterocycles. The fourth-order valence-electron chi connectivity index (χ4n) is 3.69. The summed E-state index contributed by atoms with van der Waals surface area (Å²) in [7, 11) is 0. The van der Waals surface area contributed by atoms with E-state index >= 15 is 0 Å². The average Bonchev–Trinajstić information content (AvgIpc) is 2.85. The summed E-state index contributed by atoms with van der Waals surface area (Å²) < 4.78 is 5.93. The number of aryl methyl sites for hydroxylation is 1. The second-order valence-electron chi connectivity index (χ2n) is 8.80. The van der Waals surface area contributed by atoms with Gasteiger partial charge in [0.2, 0.25) is 5.91 Å². The number of hydrogen-bond donors (Lipinski definition) is 5. The quantitative estimate of drug-likeness (QED) is 0.236. The molecule has 0 radical (unpaired) electrons. The van der Waals surface area contributed by atoms with Crippen molar-refractivity contribution < 1.29 is 29.3 Å². The zero-order valence-corrected chi connectivity index (χ0v) is 21.1. The number of aliphatic carboxylic acids is 1. The maximum atomic E-state index is 13.5. The van der Waals surface area contributed by atoms with E-state index in [4.69, 9.17) is 4.74 Å². The van der Waals surface area contributed by atoms with Gasteiger partial charge in [0.15, 0.2) is 0 Å². The number of carboxylic acid groups (broad SMARTS) is 1. The fraction of sp³-hybridized carbons (Fsp3) is 0.444. The van der Waals surface area contributed by atoms with Crippen molar-refractivity contribution in [1.29, 1.82) is 0 Å². The molecular formula is C27H37N3O6. The Bertz CT molecular complexity index is 996. The molecule has 0 spiro atoms. The molecule has 196 valence electrons. The first-order valence-electron chi connectivity index (χ1n) is 12.2. The van der Waals surface area contributed by atoms with Gasteiger partial charge in [-0.1, -0.05) is 69.7 Å². The lowest BCUT2D eigenvalue weighted by Crippen LogP contribution is -2.53. The number of carboxylic acids is 1. The van der Waals surface area contributed by atoms with Crippen molar-refractivity contribution in [2.24, 2.45) is 0 Å². The smallest absolute Gasteiger partial charge is 0.328 e. The van der Waals surface area contributed by atoms with Gasteiger partial charge in [-0.2, -0.15) is 0 Å². The van der Waals surface area contributed by atoms with Crippen molar-refractivity contribution in [3.63, 3.8) is 0 Å². The van der Waals surface area contributed by atoms with Gasteiger partial charge in [-0.15, -0.1) is 0 Å². The molecule has 9 heteroatoms. The molecule has 2 aromatic carbocycles. The summed E-state index contributed by atoms with van der Waals surface area (Å²) in [5.74, 6) is -2.14. The molecule has 2 aromatic rings. The third-order valence-electron chi connectivity index (χ3n) is 5.47. The lowest BCUT2D eigenvalue weighted by atomic mass is 9.99. The Morgan fingerprint density at radius 1 is 0.972 bits per heavy atom. The summed E-state index contributed by atoms with van der Waals surface area (Å²) in [6.07, 6.45) is 1.59. The Morgan fingerprint density at radius 3 is 2.31 bits per heavy atom. The number of hydrogen-bond acceptors (Lipinski definition) is 6.